The number of hydrogen-bond acceptors (Lipinski definition) is 2. The molecule has 0 saturated heterocycles. The van der Waals surface area contributed by atoms with Crippen molar-refractivity contribution in [3.05, 3.63) is 29.3 Å². The summed E-state index contributed by atoms with van der Waals surface area (Å²) in [5, 5.41) is 0. The number of unbranched alkanes of at least 4 members (excludes halogenated alkanes) is 1. The van der Waals surface area contributed by atoms with Crippen LogP contribution in [0.15, 0.2) is 23.1 Å². The fourth-order valence-corrected chi connectivity index (χ4v) is 2.87. The highest BCUT2D eigenvalue weighted by molar-refractivity contribution is 7.85. The van der Waals surface area contributed by atoms with Crippen molar-refractivity contribution in [3.63, 3.8) is 0 Å². The van der Waals surface area contributed by atoms with E-state index < -0.39 is 10.8 Å². The molecule has 0 saturated carbocycles. The summed E-state index contributed by atoms with van der Waals surface area (Å²) in [5.41, 5.74) is 7.75. The van der Waals surface area contributed by atoms with E-state index in [1.807, 2.05) is 26.0 Å². The van der Waals surface area contributed by atoms with Gasteiger partial charge in [0.1, 0.15) is 0 Å². The second-order valence-corrected chi connectivity index (χ2v) is 5.35. The van der Waals surface area contributed by atoms with Gasteiger partial charge in [-0.3, -0.25) is 4.21 Å². The van der Waals surface area contributed by atoms with Gasteiger partial charge in [-0.15, -0.1) is 0 Å². The quantitative estimate of drug-likeness (QED) is 0.780. The van der Waals surface area contributed by atoms with E-state index in [1.54, 1.807) is 0 Å². The van der Waals surface area contributed by atoms with E-state index in [2.05, 4.69) is 6.07 Å². The van der Waals surface area contributed by atoms with Crippen molar-refractivity contribution < 1.29 is 4.21 Å². The van der Waals surface area contributed by atoms with Crippen LogP contribution in [0.3, 0.4) is 0 Å². The Balaban J connectivity index is 2.65. The van der Waals surface area contributed by atoms with Crippen LogP contribution in [0.5, 0.6) is 0 Å². The zero-order valence-electron chi connectivity index (χ0n) is 9.45. The van der Waals surface area contributed by atoms with Crippen LogP contribution in [0.1, 0.15) is 24.0 Å². The van der Waals surface area contributed by atoms with Crippen LogP contribution >= 0.6 is 0 Å². The molecule has 0 fully saturated rings. The van der Waals surface area contributed by atoms with Crippen molar-refractivity contribution in [2.45, 2.75) is 31.6 Å². The molecule has 0 aromatic heterocycles. The standard InChI is InChI=1S/C12H19NOS/c1-10-5-6-12(11(2)9-10)15(14)8-4-3-7-13/h5-6,9H,3-4,7-8,13H2,1-2H3. The molecule has 1 atom stereocenters. The summed E-state index contributed by atoms with van der Waals surface area (Å²) in [5.74, 6) is 0.723. The largest absolute Gasteiger partial charge is 0.330 e. The van der Waals surface area contributed by atoms with Crippen molar-refractivity contribution in [1.82, 2.24) is 0 Å². The molecule has 1 rings (SSSR count). The number of hydrogen-bond donors (Lipinski definition) is 1. The molecule has 1 aromatic carbocycles. The van der Waals surface area contributed by atoms with Gasteiger partial charge in [-0.05, 0) is 44.9 Å². The molecule has 2 nitrogen and oxygen atoms in total. The van der Waals surface area contributed by atoms with Crippen molar-refractivity contribution >= 4 is 10.8 Å². The number of rotatable bonds is 5. The van der Waals surface area contributed by atoms with Gasteiger partial charge in [-0.2, -0.15) is 0 Å². The summed E-state index contributed by atoms with van der Waals surface area (Å²) in [4.78, 5) is 0.970. The highest BCUT2D eigenvalue weighted by atomic mass is 32.2. The molecular formula is C12H19NOS. The maximum absolute atomic E-state index is 11.9. The molecule has 84 valence electrons. The van der Waals surface area contributed by atoms with Crippen LogP contribution in [0, 0.1) is 13.8 Å². The van der Waals surface area contributed by atoms with Gasteiger partial charge >= 0.3 is 0 Å². The van der Waals surface area contributed by atoms with E-state index in [0.717, 1.165) is 29.1 Å². The molecule has 0 aliphatic heterocycles. The fourth-order valence-electron chi connectivity index (χ4n) is 1.54. The molecule has 0 aliphatic carbocycles. The van der Waals surface area contributed by atoms with Gasteiger partial charge < -0.3 is 5.73 Å². The lowest BCUT2D eigenvalue weighted by molar-refractivity contribution is 0.677. The average molecular weight is 225 g/mol. The predicted molar refractivity (Wildman–Crippen MR) is 65.5 cm³/mol. The zero-order chi connectivity index (χ0) is 11.3. The minimum Gasteiger partial charge on any atom is -0.330 e. The van der Waals surface area contributed by atoms with Crippen LogP contribution in [-0.4, -0.2) is 16.5 Å². The Labute approximate surface area is 94.3 Å². The van der Waals surface area contributed by atoms with E-state index in [9.17, 15) is 4.21 Å². The molecule has 15 heavy (non-hydrogen) atoms. The second kappa shape index (κ2) is 6.03. The van der Waals surface area contributed by atoms with Crippen molar-refractivity contribution in [2.24, 2.45) is 5.73 Å². The van der Waals surface area contributed by atoms with Gasteiger partial charge in [0, 0.05) is 10.6 Å². The fraction of sp³-hybridized carbons (Fsp3) is 0.500. The molecule has 2 N–H and O–H groups in total. The first kappa shape index (κ1) is 12.4. The van der Waals surface area contributed by atoms with Gasteiger partial charge in [0.05, 0.1) is 10.8 Å². The Kier molecular flexibility index (Phi) is 4.99. The summed E-state index contributed by atoms with van der Waals surface area (Å²) in [6, 6.07) is 6.07. The second-order valence-electron chi connectivity index (χ2n) is 3.81. The summed E-state index contributed by atoms with van der Waals surface area (Å²) >= 11 is 0. The van der Waals surface area contributed by atoms with Crippen LogP contribution < -0.4 is 5.73 Å². The molecule has 1 unspecified atom stereocenters. The average Bonchev–Trinajstić information content (AvgIpc) is 2.17. The summed E-state index contributed by atoms with van der Waals surface area (Å²) in [7, 11) is -0.860. The molecule has 0 bridgehead atoms. The maximum Gasteiger partial charge on any atom is 0.0532 e. The Morgan fingerprint density at radius 3 is 2.60 bits per heavy atom. The molecule has 0 aliphatic rings. The smallest absolute Gasteiger partial charge is 0.0532 e. The van der Waals surface area contributed by atoms with Gasteiger partial charge in [0.25, 0.3) is 0 Å². The maximum atomic E-state index is 11.9. The van der Waals surface area contributed by atoms with Crippen molar-refractivity contribution in [2.75, 3.05) is 12.3 Å². The lowest BCUT2D eigenvalue weighted by Gasteiger charge is -2.06. The minimum absolute atomic E-state index is 0.685. The topological polar surface area (TPSA) is 43.1 Å². The summed E-state index contributed by atoms with van der Waals surface area (Å²) in [6.45, 7) is 4.75. The molecule has 0 radical (unpaired) electrons. The molecule has 0 spiro atoms. The van der Waals surface area contributed by atoms with Crippen LogP contribution in [0.2, 0.25) is 0 Å². The third-order valence-electron chi connectivity index (χ3n) is 2.36. The summed E-state index contributed by atoms with van der Waals surface area (Å²) in [6.07, 6.45) is 1.90. The Morgan fingerprint density at radius 2 is 2.00 bits per heavy atom. The highest BCUT2D eigenvalue weighted by Crippen LogP contribution is 2.15. The van der Waals surface area contributed by atoms with Crippen LogP contribution in [0.4, 0.5) is 0 Å². The highest BCUT2D eigenvalue weighted by Gasteiger charge is 2.06. The molecule has 0 heterocycles. The lowest BCUT2D eigenvalue weighted by atomic mass is 10.2. The lowest BCUT2D eigenvalue weighted by Crippen LogP contribution is -2.04. The molecule has 0 amide bonds. The van der Waals surface area contributed by atoms with Gasteiger partial charge in [-0.25, -0.2) is 0 Å². The molecule has 1 aromatic rings. The van der Waals surface area contributed by atoms with E-state index >= 15 is 0 Å². The van der Waals surface area contributed by atoms with Crippen molar-refractivity contribution in [1.29, 1.82) is 0 Å². The van der Waals surface area contributed by atoms with E-state index in [-0.39, 0.29) is 0 Å². The third-order valence-corrected chi connectivity index (χ3v) is 3.97. The van der Waals surface area contributed by atoms with Crippen LogP contribution in [0.25, 0.3) is 0 Å². The van der Waals surface area contributed by atoms with E-state index in [4.69, 9.17) is 5.73 Å². The molecule has 3 heteroatoms. The van der Waals surface area contributed by atoms with Gasteiger partial charge in [0.15, 0.2) is 0 Å². The third kappa shape index (κ3) is 3.76. The Hall–Kier alpha value is -0.670. The first-order valence-electron chi connectivity index (χ1n) is 5.31. The Bertz CT molecular complexity index is 349. The number of nitrogens with two attached hydrogens (primary N) is 1. The number of aryl methyl sites for hydroxylation is 2. The first-order chi connectivity index (χ1) is 7.15. The monoisotopic (exact) mass is 225 g/mol. The number of benzene rings is 1. The summed E-state index contributed by atoms with van der Waals surface area (Å²) < 4.78 is 11.9. The van der Waals surface area contributed by atoms with E-state index in [1.165, 1.54) is 5.56 Å². The van der Waals surface area contributed by atoms with Gasteiger partial charge in [0.2, 0.25) is 0 Å². The minimum atomic E-state index is -0.860. The van der Waals surface area contributed by atoms with E-state index in [0.29, 0.717) is 6.54 Å². The molecular weight excluding hydrogens is 206 g/mol. The van der Waals surface area contributed by atoms with Gasteiger partial charge in [-0.1, -0.05) is 17.7 Å². The SMILES string of the molecule is Cc1ccc(S(=O)CCCCN)c(C)c1. The van der Waals surface area contributed by atoms with Crippen LogP contribution in [-0.2, 0) is 10.8 Å². The van der Waals surface area contributed by atoms with Crippen molar-refractivity contribution in [3.8, 4) is 0 Å². The first-order valence-corrected chi connectivity index (χ1v) is 6.62. The zero-order valence-corrected chi connectivity index (χ0v) is 10.3. The normalized spacial score (nSPS) is 12.7. The Morgan fingerprint density at radius 1 is 1.27 bits per heavy atom. The predicted octanol–water partition coefficient (Wildman–Crippen LogP) is 2.15.